The summed E-state index contributed by atoms with van der Waals surface area (Å²) >= 11 is 5.86. The highest BCUT2D eigenvalue weighted by Crippen LogP contribution is 2.15. The molecule has 0 aliphatic rings. The minimum Gasteiger partial charge on any atom is -0.467 e. The van der Waals surface area contributed by atoms with Gasteiger partial charge in [0.25, 0.3) is 5.91 Å². The summed E-state index contributed by atoms with van der Waals surface area (Å²) in [5, 5.41) is 0.212. The molecular weight excluding hydrogens is 240 g/mol. The zero-order chi connectivity index (χ0) is 12.3. The first kappa shape index (κ1) is 11.7. The first-order valence-corrected chi connectivity index (χ1v) is 5.44. The molecule has 0 unspecified atom stereocenters. The molecule has 0 saturated carbocycles. The molecule has 0 spiro atoms. The van der Waals surface area contributed by atoms with Crippen LogP contribution in [-0.2, 0) is 6.54 Å². The van der Waals surface area contributed by atoms with Gasteiger partial charge in [-0.1, -0.05) is 11.6 Å². The average molecular weight is 251 g/mol. The zero-order valence-corrected chi connectivity index (χ0v) is 10.0. The van der Waals surface area contributed by atoms with Gasteiger partial charge in [0.2, 0.25) is 0 Å². The van der Waals surface area contributed by atoms with Crippen molar-refractivity contribution in [2.45, 2.75) is 6.54 Å². The van der Waals surface area contributed by atoms with Crippen LogP contribution in [0.5, 0.6) is 0 Å². The molecule has 5 heteroatoms. The van der Waals surface area contributed by atoms with Gasteiger partial charge >= 0.3 is 0 Å². The lowest BCUT2D eigenvalue weighted by Crippen LogP contribution is -2.26. The fourth-order valence-electron chi connectivity index (χ4n) is 1.46. The molecule has 0 atom stereocenters. The molecule has 1 amide bonds. The largest absolute Gasteiger partial charge is 0.467 e. The Kier molecular flexibility index (Phi) is 3.44. The van der Waals surface area contributed by atoms with Gasteiger partial charge in [0.05, 0.1) is 18.4 Å². The van der Waals surface area contributed by atoms with Crippen molar-refractivity contribution < 1.29 is 9.21 Å². The Hall–Kier alpha value is -1.81. The summed E-state index contributed by atoms with van der Waals surface area (Å²) in [5.41, 5.74) is 0.392. The Labute approximate surface area is 104 Å². The van der Waals surface area contributed by atoms with Crippen molar-refractivity contribution in [1.29, 1.82) is 0 Å². The normalized spacial score (nSPS) is 10.2. The van der Waals surface area contributed by atoms with E-state index in [2.05, 4.69) is 4.98 Å². The van der Waals surface area contributed by atoms with Crippen molar-refractivity contribution in [1.82, 2.24) is 9.88 Å². The summed E-state index contributed by atoms with van der Waals surface area (Å²) in [5.74, 6) is 0.542. The highest BCUT2D eigenvalue weighted by molar-refractivity contribution is 6.32. The van der Waals surface area contributed by atoms with Crippen molar-refractivity contribution in [2.75, 3.05) is 7.05 Å². The van der Waals surface area contributed by atoms with Crippen molar-refractivity contribution in [2.24, 2.45) is 0 Å². The number of pyridine rings is 1. The molecule has 0 aromatic carbocycles. The number of halogens is 1. The molecule has 88 valence electrons. The fraction of sp³-hybridized carbons (Fsp3) is 0.167. The molecule has 2 aromatic heterocycles. The average Bonchev–Trinajstić information content (AvgIpc) is 2.81. The van der Waals surface area contributed by atoms with E-state index in [1.807, 2.05) is 6.07 Å². The predicted octanol–water partition coefficient (Wildman–Crippen LogP) is 2.60. The van der Waals surface area contributed by atoms with Crippen LogP contribution in [0.2, 0.25) is 5.15 Å². The summed E-state index contributed by atoms with van der Waals surface area (Å²) in [4.78, 5) is 17.5. The van der Waals surface area contributed by atoms with E-state index in [9.17, 15) is 4.79 Å². The van der Waals surface area contributed by atoms with Crippen molar-refractivity contribution in [3.8, 4) is 0 Å². The highest BCUT2D eigenvalue weighted by Gasteiger charge is 2.16. The van der Waals surface area contributed by atoms with Gasteiger partial charge in [0.15, 0.2) is 0 Å². The molecule has 17 heavy (non-hydrogen) atoms. The van der Waals surface area contributed by atoms with Gasteiger partial charge in [-0.3, -0.25) is 4.79 Å². The number of aromatic nitrogens is 1. The van der Waals surface area contributed by atoms with Gasteiger partial charge in [0, 0.05) is 13.2 Å². The molecule has 0 bridgehead atoms. The number of nitrogens with zero attached hydrogens (tertiary/aromatic N) is 2. The van der Waals surface area contributed by atoms with Crippen LogP contribution in [0.25, 0.3) is 0 Å². The maximum atomic E-state index is 12.1. The van der Waals surface area contributed by atoms with Crippen LogP contribution < -0.4 is 0 Å². The molecule has 2 heterocycles. The Balaban J connectivity index is 2.13. The van der Waals surface area contributed by atoms with Gasteiger partial charge in [-0.25, -0.2) is 4.98 Å². The number of carbonyl (C=O) groups excluding carboxylic acids is 1. The SMILES string of the molecule is CN(Cc1ccco1)C(=O)c1cccnc1Cl. The second-order valence-electron chi connectivity index (χ2n) is 3.58. The molecule has 0 aliphatic carbocycles. The third-order valence-corrected chi connectivity index (χ3v) is 2.61. The van der Waals surface area contributed by atoms with E-state index in [1.165, 1.54) is 4.90 Å². The van der Waals surface area contributed by atoms with E-state index in [-0.39, 0.29) is 11.1 Å². The molecule has 0 saturated heterocycles. The van der Waals surface area contributed by atoms with E-state index < -0.39 is 0 Å². The van der Waals surface area contributed by atoms with Crippen LogP contribution in [0.3, 0.4) is 0 Å². The quantitative estimate of drug-likeness (QED) is 0.787. The molecule has 0 aliphatic heterocycles. The smallest absolute Gasteiger partial charge is 0.257 e. The third-order valence-electron chi connectivity index (χ3n) is 2.31. The number of amides is 1. The van der Waals surface area contributed by atoms with Crippen LogP contribution in [-0.4, -0.2) is 22.8 Å². The van der Waals surface area contributed by atoms with Gasteiger partial charge in [0.1, 0.15) is 10.9 Å². The second kappa shape index (κ2) is 5.01. The number of carbonyl (C=O) groups is 1. The van der Waals surface area contributed by atoms with Crippen molar-refractivity contribution in [3.63, 3.8) is 0 Å². The Morgan fingerprint density at radius 2 is 2.29 bits per heavy atom. The summed E-state index contributed by atoms with van der Waals surface area (Å²) in [6, 6.07) is 6.93. The second-order valence-corrected chi connectivity index (χ2v) is 3.94. The van der Waals surface area contributed by atoms with E-state index in [0.29, 0.717) is 12.1 Å². The van der Waals surface area contributed by atoms with Gasteiger partial charge in [-0.05, 0) is 24.3 Å². The lowest BCUT2D eigenvalue weighted by atomic mass is 10.2. The third kappa shape index (κ3) is 2.65. The molecule has 2 aromatic rings. The molecule has 0 N–H and O–H groups in total. The summed E-state index contributed by atoms with van der Waals surface area (Å²) < 4.78 is 5.18. The van der Waals surface area contributed by atoms with E-state index in [1.54, 1.807) is 37.7 Å². The minimum absolute atomic E-state index is 0.181. The molecule has 4 nitrogen and oxygen atoms in total. The molecule has 2 rings (SSSR count). The number of rotatable bonds is 3. The Bertz CT molecular complexity index is 511. The van der Waals surface area contributed by atoms with Crippen LogP contribution in [0, 0.1) is 0 Å². The van der Waals surface area contributed by atoms with Crippen LogP contribution >= 0.6 is 11.6 Å². The number of hydrogen-bond acceptors (Lipinski definition) is 3. The van der Waals surface area contributed by atoms with E-state index >= 15 is 0 Å². The lowest BCUT2D eigenvalue weighted by Gasteiger charge is -2.15. The fourth-order valence-corrected chi connectivity index (χ4v) is 1.66. The standard InChI is InChI=1S/C12H11ClN2O2/c1-15(8-9-4-3-7-17-9)12(16)10-5-2-6-14-11(10)13/h2-7H,8H2,1H3. The van der Waals surface area contributed by atoms with Crippen molar-refractivity contribution in [3.05, 3.63) is 53.2 Å². The van der Waals surface area contributed by atoms with E-state index in [0.717, 1.165) is 5.76 Å². The summed E-state index contributed by atoms with van der Waals surface area (Å²) in [7, 11) is 1.69. The minimum atomic E-state index is -0.181. The summed E-state index contributed by atoms with van der Waals surface area (Å²) in [6.45, 7) is 0.400. The Morgan fingerprint density at radius 1 is 1.47 bits per heavy atom. The molecule has 0 radical (unpaired) electrons. The van der Waals surface area contributed by atoms with Gasteiger partial charge in [-0.15, -0.1) is 0 Å². The lowest BCUT2D eigenvalue weighted by molar-refractivity contribution is 0.0775. The monoisotopic (exact) mass is 250 g/mol. The van der Waals surface area contributed by atoms with Crippen LogP contribution in [0.15, 0.2) is 41.1 Å². The van der Waals surface area contributed by atoms with E-state index in [4.69, 9.17) is 16.0 Å². The zero-order valence-electron chi connectivity index (χ0n) is 9.26. The highest BCUT2D eigenvalue weighted by atomic mass is 35.5. The first-order chi connectivity index (χ1) is 8.18. The van der Waals surface area contributed by atoms with Gasteiger partial charge in [-0.2, -0.15) is 0 Å². The number of hydrogen-bond donors (Lipinski definition) is 0. The first-order valence-electron chi connectivity index (χ1n) is 5.07. The maximum absolute atomic E-state index is 12.1. The van der Waals surface area contributed by atoms with Crippen LogP contribution in [0.1, 0.15) is 16.1 Å². The molecule has 0 fully saturated rings. The topological polar surface area (TPSA) is 46.3 Å². The van der Waals surface area contributed by atoms with Crippen molar-refractivity contribution >= 4 is 17.5 Å². The Morgan fingerprint density at radius 3 is 2.94 bits per heavy atom. The summed E-state index contributed by atoms with van der Waals surface area (Å²) in [6.07, 6.45) is 3.12. The van der Waals surface area contributed by atoms with Crippen LogP contribution in [0.4, 0.5) is 0 Å². The maximum Gasteiger partial charge on any atom is 0.257 e. The number of furan rings is 1. The van der Waals surface area contributed by atoms with Gasteiger partial charge < -0.3 is 9.32 Å². The predicted molar refractivity (Wildman–Crippen MR) is 63.8 cm³/mol. The molecular formula is C12H11ClN2O2.